The highest BCUT2D eigenvalue weighted by Crippen LogP contribution is 2.36. The van der Waals surface area contributed by atoms with Gasteiger partial charge in [0.25, 0.3) is 0 Å². The Morgan fingerprint density at radius 3 is 2.74 bits per heavy atom. The number of benzene rings is 1. The van der Waals surface area contributed by atoms with Crippen LogP contribution in [0, 0.1) is 5.92 Å². The van der Waals surface area contributed by atoms with Crippen LogP contribution in [-0.4, -0.2) is 10.9 Å². The third-order valence-electron chi connectivity index (χ3n) is 4.37. The largest absolute Gasteiger partial charge is 0.432 e. The van der Waals surface area contributed by atoms with Crippen LogP contribution in [-0.2, 0) is 4.79 Å². The fourth-order valence-electron chi connectivity index (χ4n) is 3.18. The summed E-state index contributed by atoms with van der Waals surface area (Å²) in [6.07, 6.45) is 8.54. The molecule has 122 valence electrons. The molecule has 1 N–H and O–H groups in total. The lowest BCUT2D eigenvalue weighted by Crippen LogP contribution is -2.23. The van der Waals surface area contributed by atoms with Crippen LogP contribution in [0.1, 0.15) is 43.6 Å². The summed E-state index contributed by atoms with van der Waals surface area (Å²) in [6, 6.07) is 5.59. The van der Waals surface area contributed by atoms with E-state index in [0.717, 1.165) is 12.0 Å². The van der Waals surface area contributed by atoms with Gasteiger partial charge in [0.05, 0.1) is 22.2 Å². The maximum Gasteiger partial charge on any atom is 0.301 e. The van der Waals surface area contributed by atoms with Gasteiger partial charge in [-0.2, -0.15) is 0 Å². The van der Waals surface area contributed by atoms with Gasteiger partial charge in [0.15, 0.2) is 0 Å². The molecule has 1 heterocycles. The van der Waals surface area contributed by atoms with Crippen molar-refractivity contribution < 1.29 is 9.21 Å². The van der Waals surface area contributed by atoms with Crippen molar-refractivity contribution in [1.82, 2.24) is 4.98 Å². The normalized spacial score (nSPS) is 16.4. The zero-order valence-electron chi connectivity index (χ0n) is 12.6. The van der Waals surface area contributed by atoms with E-state index >= 15 is 0 Å². The van der Waals surface area contributed by atoms with Gasteiger partial charge in [0.1, 0.15) is 6.26 Å². The average molecular weight is 353 g/mol. The van der Waals surface area contributed by atoms with E-state index in [1.807, 2.05) is 6.07 Å². The van der Waals surface area contributed by atoms with Crippen molar-refractivity contribution in [3.63, 3.8) is 0 Å². The zero-order chi connectivity index (χ0) is 16.2. The van der Waals surface area contributed by atoms with E-state index in [9.17, 15) is 4.79 Å². The van der Waals surface area contributed by atoms with Gasteiger partial charge in [-0.3, -0.25) is 10.1 Å². The summed E-state index contributed by atoms with van der Waals surface area (Å²) in [5, 5.41) is 3.69. The standard InChI is InChI=1S/C17H18Cl2N2O2/c18-14-6-5-12(10-15(14)19)13(9-11-3-1-2-4-11)16(22)21-17-20-7-8-23-17/h5-8,10-11,13H,1-4,9H2,(H,20,21,22). The Balaban J connectivity index is 1.82. The summed E-state index contributed by atoms with van der Waals surface area (Å²) in [5.74, 6) is 0.141. The SMILES string of the molecule is O=C(Nc1ncco1)C(CC1CCCC1)c1ccc(Cl)c(Cl)c1. The van der Waals surface area contributed by atoms with Gasteiger partial charge in [-0.05, 0) is 30.0 Å². The molecule has 1 aliphatic carbocycles. The second-order valence-electron chi connectivity index (χ2n) is 5.94. The molecule has 1 atom stereocenters. The Hall–Kier alpha value is -1.52. The van der Waals surface area contributed by atoms with E-state index in [-0.39, 0.29) is 17.8 Å². The molecule has 1 saturated carbocycles. The highest BCUT2D eigenvalue weighted by Gasteiger charge is 2.27. The Labute approximate surface area is 145 Å². The number of aromatic nitrogens is 1. The van der Waals surface area contributed by atoms with Gasteiger partial charge >= 0.3 is 6.01 Å². The van der Waals surface area contributed by atoms with Crippen molar-refractivity contribution >= 4 is 35.1 Å². The predicted molar refractivity (Wildman–Crippen MR) is 90.9 cm³/mol. The van der Waals surface area contributed by atoms with Crippen LogP contribution in [0.25, 0.3) is 0 Å². The molecule has 23 heavy (non-hydrogen) atoms. The minimum atomic E-state index is -0.292. The van der Waals surface area contributed by atoms with Crippen molar-refractivity contribution in [2.75, 3.05) is 5.32 Å². The number of nitrogens with zero attached hydrogens (tertiary/aromatic N) is 1. The molecule has 0 radical (unpaired) electrons. The molecule has 1 aromatic heterocycles. The van der Waals surface area contributed by atoms with Gasteiger partial charge in [0, 0.05) is 0 Å². The first kappa shape index (κ1) is 16.3. The van der Waals surface area contributed by atoms with Crippen molar-refractivity contribution in [1.29, 1.82) is 0 Å². The second-order valence-corrected chi connectivity index (χ2v) is 6.75. The van der Waals surface area contributed by atoms with Crippen LogP contribution >= 0.6 is 23.2 Å². The summed E-state index contributed by atoms with van der Waals surface area (Å²) >= 11 is 12.1. The van der Waals surface area contributed by atoms with E-state index in [1.54, 1.807) is 12.1 Å². The van der Waals surface area contributed by atoms with Crippen molar-refractivity contribution in [2.45, 2.75) is 38.0 Å². The van der Waals surface area contributed by atoms with E-state index in [1.165, 1.54) is 38.1 Å². The number of oxazole rings is 1. The van der Waals surface area contributed by atoms with Crippen molar-refractivity contribution in [2.24, 2.45) is 5.92 Å². The molecule has 3 rings (SSSR count). The van der Waals surface area contributed by atoms with Gasteiger partial charge in [0.2, 0.25) is 5.91 Å². The highest BCUT2D eigenvalue weighted by atomic mass is 35.5. The fraction of sp³-hybridized carbons (Fsp3) is 0.412. The molecule has 1 aromatic carbocycles. The Bertz CT molecular complexity index is 667. The zero-order valence-corrected chi connectivity index (χ0v) is 14.1. The lowest BCUT2D eigenvalue weighted by molar-refractivity contribution is -0.118. The third-order valence-corrected chi connectivity index (χ3v) is 5.11. The summed E-state index contributed by atoms with van der Waals surface area (Å²) in [7, 11) is 0. The first-order valence-corrected chi connectivity index (χ1v) is 8.54. The number of anilines is 1. The molecule has 0 bridgehead atoms. The quantitative estimate of drug-likeness (QED) is 0.795. The number of amides is 1. The number of carbonyl (C=O) groups excluding carboxylic acids is 1. The van der Waals surface area contributed by atoms with E-state index in [2.05, 4.69) is 10.3 Å². The molecular formula is C17H18Cl2N2O2. The summed E-state index contributed by atoms with van der Waals surface area (Å²) < 4.78 is 5.11. The Kier molecular flexibility index (Phi) is 5.23. The van der Waals surface area contributed by atoms with E-state index in [0.29, 0.717) is 16.0 Å². The molecule has 1 amide bonds. The van der Waals surface area contributed by atoms with Gasteiger partial charge < -0.3 is 4.42 Å². The van der Waals surface area contributed by atoms with Gasteiger partial charge in [-0.1, -0.05) is 55.0 Å². The van der Waals surface area contributed by atoms with E-state index < -0.39 is 0 Å². The molecule has 0 aliphatic heterocycles. The van der Waals surface area contributed by atoms with Gasteiger partial charge in [-0.15, -0.1) is 0 Å². The number of rotatable bonds is 5. The lowest BCUT2D eigenvalue weighted by Gasteiger charge is -2.20. The van der Waals surface area contributed by atoms with Crippen LogP contribution in [0.5, 0.6) is 0 Å². The predicted octanol–water partition coefficient (Wildman–Crippen LogP) is 5.28. The number of nitrogens with one attached hydrogen (secondary N) is 1. The van der Waals surface area contributed by atoms with Crippen LogP contribution in [0.15, 0.2) is 35.1 Å². The van der Waals surface area contributed by atoms with Crippen molar-refractivity contribution in [3.05, 3.63) is 46.3 Å². The van der Waals surface area contributed by atoms with Crippen LogP contribution in [0.4, 0.5) is 6.01 Å². The van der Waals surface area contributed by atoms with E-state index in [4.69, 9.17) is 27.6 Å². The number of hydrogen-bond acceptors (Lipinski definition) is 3. The van der Waals surface area contributed by atoms with Crippen molar-refractivity contribution in [3.8, 4) is 0 Å². The highest BCUT2D eigenvalue weighted by molar-refractivity contribution is 6.42. The second kappa shape index (κ2) is 7.37. The fourth-order valence-corrected chi connectivity index (χ4v) is 3.49. The summed E-state index contributed by atoms with van der Waals surface area (Å²) in [4.78, 5) is 16.7. The first-order valence-electron chi connectivity index (χ1n) is 7.79. The topological polar surface area (TPSA) is 55.1 Å². The molecule has 1 fully saturated rings. The average Bonchev–Trinajstić information content (AvgIpc) is 3.21. The molecule has 2 aromatic rings. The lowest BCUT2D eigenvalue weighted by atomic mass is 9.87. The molecule has 0 spiro atoms. The minimum absolute atomic E-state index is 0.127. The number of halogens is 2. The molecule has 4 nitrogen and oxygen atoms in total. The monoisotopic (exact) mass is 352 g/mol. The Morgan fingerprint density at radius 2 is 2.09 bits per heavy atom. The third kappa shape index (κ3) is 4.06. The minimum Gasteiger partial charge on any atom is -0.432 e. The maximum absolute atomic E-state index is 12.7. The number of carbonyl (C=O) groups is 1. The Morgan fingerprint density at radius 1 is 1.30 bits per heavy atom. The molecule has 6 heteroatoms. The smallest absolute Gasteiger partial charge is 0.301 e. The number of hydrogen-bond donors (Lipinski definition) is 1. The maximum atomic E-state index is 12.7. The molecule has 1 unspecified atom stereocenters. The summed E-state index contributed by atoms with van der Waals surface area (Å²) in [5.41, 5.74) is 0.871. The van der Waals surface area contributed by atoms with Crippen LogP contribution in [0.3, 0.4) is 0 Å². The molecule has 0 saturated heterocycles. The molecule has 1 aliphatic rings. The summed E-state index contributed by atoms with van der Waals surface area (Å²) in [6.45, 7) is 0. The molecular weight excluding hydrogens is 335 g/mol. The van der Waals surface area contributed by atoms with Gasteiger partial charge in [-0.25, -0.2) is 4.98 Å². The first-order chi connectivity index (χ1) is 11.1. The van der Waals surface area contributed by atoms with Crippen LogP contribution in [0.2, 0.25) is 10.0 Å². The van der Waals surface area contributed by atoms with Crippen LogP contribution < -0.4 is 5.32 Å².